The van der Waals surface area contributed by atoms with Crippen LogP contribution >= 0.6 is 0 Å². The fourth-order valence-electron chi connectivity index (χ4n) is 4.77. The molecule has 0 fully saturated rings. The predicted octanol–water partition coefficient (Wildman–Crippen LogP) is 6.43. The first-order valence-electron chi connectivity index (χ1n) is 11.5. The minimum atomic E-state index is -2.07. The van der Waals surface area contributed by atoms with E-state index >= 15 is 0 Å². The van der Waals surface area contributed by atoms with Gasteiger partial charge >= 0.3 is 0 Å². The van der Waals surface area contributed by atoms with E-state index in [2.05, 4.69) is 147 Å². The lowest BCUT2D eigenvalue weighted by Gasteiger charge is -2.29. The van der Waals surface area contributed by atoms with Crippen molar-refractivity contribution in [2.24, 2.45) is 0 Å². The zero-order valence-electron chi connectivity index (χ0n) is 19.2. The summed E-state index contributed by atoms with van der Waals surface area (Å²) in [6, 6.07) is 48.8. The summed E-state index contributed by atoms with van der Waals surface area (Å²) in [4.78, 5) is 0. The van der Waals surface area contributed by atoms with Crippen molar-refractivity contribution in [3.63, 3.8) is 0 Å². The van der Waals surface area contributed by atoms with Crippen LogP contribution in [0.4, 0.5) is 0 Å². The standard InChI is InChI=1S/C32H28Si/c1-25-18-19-28(24-32(25)27-12-6-3-7-13-27)26-20-22-31(23-21-26)33(2,29-14-8-4-9-15-29)30-16-10-5-11-17-30/h3-24H,1-2H3. The highest BCUT2D eigenvalue weighted by Crippen LogP contribution is 2.29. The Bertz CT molecular complexity index is 1300. The zero-order chi connectivity index (χ0) is 22.7. The summed E-state index contributed by atoms with van der Waals surface area (Å²) in [5.74, 6) is 0. The number of hydrogen-bond acceptors (Lipinski definition) is 0. The van der Waals surface area contributed by atoms with E-state index in [9.17, 15) is 0 Å². The molecule has 0 saturated heterocycles. The molecule has 33 heavy (non-hydrogen) atoms. The molecule has 0 nitrogen and oxygen atoms in total. The minimum Gasteiger partial charge on any atom is -0.0624 e. The Hall–Kier alpha value is -3.68. The molecule has 0 aliphatic rings. The van der Waals surface area contributed by atoms with Gasteiger partial charge in [-0.15, -0.1) is 0 Å². The van der Waals surface area contributed by atoms with Crippen molar-refractivity contribution in [3.05, 3.63) is 139 Å². The van der Waals surface area contributed by atoms with Crippen molar-refractivity contribution in [1.29, 1.82) is 0 Å². The van der Waals surface area contributed by atoms with Crippen LogP contribution in [0.3, 0.4) is 0 Å². The van der Waals surface area contributed by atoms with Crippen molar-refractivity contribution in [2.75, 3.05) is 0 Å². The van der Waals surface area contributed by atoms with Gasteiger partial charge in [0.1, 0.15) is 8.07 Å². The molecule has 0 bridgehead atoms. The van der Waals surface area contributed by atoms with E-state index < -0.39 is 8.07 Å². The van der Waals surface area contributed by atoms with Crippen LogP contribution in [-0.2, 0) is 0 Å². The average molecular weight is 441 g/mol. The van der Waals surface area contributed by atoms with E-state index in [4.69, 9.17) is 0 Å². The third-order valence-corrected chi connectivity index (χ3v) is 11.3. The molecule has 0 amide bonds. The molecular formula is C32H28Si. The number of aryl methyl sites for hydroxylation is 1. The van der Waals surface area contributed by atoms with Gasteiger partial charge in [-0.2, -0.15) is 0 Å². The third kappa shape index (κ3) is 4.08. The monoisotopic (exact) mass is 440 g/mol. The molecule has 0 aliphatic carbocycles. The zero-order valence-corrected chi connectivity index (χ0v) is 20.2. The highest BCUT2D eigenvalue weighted by atomic mass is 28.3. The minimum absolute atomic E-state index is 1.26. The highest BCUT2D eigenvalue weighted by molar-refractivity contribution is 7.10. The Balaban J connectivity index is 1.57. The van der Waals surface area contributed by atoms with Gasteiger partial charge in [0.2, 0.25) is 0 Å². The SMILES string of the molecule is Cc1ccc(-c2ccc([Si](C)(c3ccccc3)c3ccccc3)cc2)cc1-c1ccccc1. The van der Waals surface area contributed by atoms with Crippen LogP contribution in [0.15, 0.2) is 133 Å². The van der Waals surface area contributed by atoms with Crippen molar-refractivity contribution < 1.29 is 0 Å². The summed E-state index contributed by atoms with van der Waals surface area (Å²) in [6.45, 7) is 4.65. The molecular weight excluding hydrogens is 412 g/mol. The molecule has 1 heteroatoms. The van der Waals surface area contributed by atoms with Gasteiger partial charge in [-0.05, 0) is 56.4 Å². The van der Waals surface area contributed by atoms with Gasteiger partial charge in [0, 0.05) is 0 Å². The number of rotatable bonds is 5. The summed E-state index contributed by atoms with van der Waals surface area (Å²) < 4.78 is 0. The quantitative estimate of drug-likeness (QED) is 0.218. The fraction of sp³-hybridized carbons (Fsp3) is 0.0625. The lowest BCUT2D eigenvalue weighted by Crippen LogP contribution is -2.64. The molecule has 0 spiro atoms. The van der Waals surface area contributed by atoms with Crippen molar-refractivity contribution in [3.8, 4) is 22.3 Å². The average Bonchev–Trinajstić information content (AvgIpc) is 2.90. The summed E-state index contributed by atoms with van der Waals surface area (Å²) in [5.41, 5.74) is 6.38. The molecule has 0 saturated carbocycles. The first-order chi connectivity index (χ1) is 16.2. The van der Waals surface area contributed by atoms with Crippen LogP contribution in [0.2, 0.25) is 6.55 Å². The van der Waals surface area contributed by atoms with Gasteiger partial charge in [-0.1, -0.05) is 134 Å². The third-order valence-electron chi connectivity index (χ3n) is 6.82. The molecule has 0 radical (unpaired) electrons. The second-order valence-electron chi connectivity index (χ2n) is 8.83. The van der Waals surface area contributed by atoms with Gasteiger partial charge in [0.05, 0.1) is 0 Å². The molecule has 5 aromatic carbocycles. The topological polar surface area (TPSA) is 0 Å². The molecule has 0 heterocycles. The second kappa shape index (κ2) is 9.05. The highest BCUT2D eigenvalue weighted by Gasteiger charge is 2.33. The molecule has 0 atom stereocenters. The van der Waals surface area contributed by atoms with Crippen LogP contribution in [-0.4, -0.2) is 8.07 Å². The Kier molecular flexibility index (Phi) is 5.81. The van der Waals surface area contributed by atoms with Crippen LogP contribution in [0.1, 0.15) is 5.56 Å². The molecule has 0 aliphatic heterocycles. The summed E-state index contributed by atoms with van der Waals surface area (Å²) in [5, 5.41) is 4.30. The number of benzene rings is 5. The summed E-state index contributed by atoms with van der Waals surface area (Å²) in [6.07, 6.45) is 0. The van der Waals surface area contributed by atoms with Crippen LogP contribution in [0.25, 0.3) is 22.3 Å². The van der Waals surface area contributed by atoms with Crippen molar-refractivity contribution in [1.82, 2.24) is 0 Å². The fourth-order valence-corrected chi connectivity index (χ4v) is 8.32. The van der Waals surface area contributed by atoms with E-state index in [1.165, 1.54) is 43.4 Å². The van der Waals surface area contributed by atoms with Crippen LogP contribution in [0, 0.1) is 6.92 Å². The van der Waals surface area contributed by atoms with E-state index in [1.54, 1.807) is 0 Å². The molecule has 0 aromatic heterocycles. The lowest BCUT2D eigenvalue weighted by atomic mass is 9.95. The summed E-state index contributed by atoms with van der Waals surface area (Å²) in [7, 11) is -2.07. The van der Waals surface area contributed by atoms with E-state index in [0.717, 1.165) is 0 Å². The van der Waals surface area contributed by atoms with E-state index in [-0.39, 0.29) is 0 Å². The van der Waals surface area contributed by atoms with Gasteiger partial charge in [0.15, 0.2) is 0 Å². The maximum atomic E-state index is 2.46. The molecule has 5 rings (SSSR count). The lowest BCUT2D eigenvalue weighted by molar-refractivity contribution is 1.45. The second-order valence-corrected chi connectivity index (χ2v) is 12.8. The van der Waals surface area contributed by atoms with Gasteiger partial charge < -0.3 is 0 Å². The first kappa shape index (κ1) is 21.2. The van der Waals surface area contributed by atoms with Gasteiger partial charge in [-0.3, -0.25) is 0 Å². The predicted molar refractivity (Wildman–Crippen MR) is 145 cm³/mol. The maximum Gasteiger partial charge on any atom is 0.145 e. The van der Waals surface area contributed by atoms with Crippen LogP contribution < -0.4 is 15.6 Å². The number of hydrogen-bond donors (Lipinski definition) is 0. The van der Waals surface area contributed by atoms with E-state index in [0.29, 0.717) is 0 Å². The summed E-state index contributed by atoms with van der Waals surface area (Å²) >= 11 is 0. The van der Waals surface area contributed by atoms with Crippen LogP contribution in [0.5, 0.6) is 0 Å². The van der Waals surface area contributed by atoms with Crippen molar-refractivity contribution >= 4 is 23.6 Å². The Labute approximate surface area is 198 Å². The van der Waals surface area contributed by atoms with E-state index in [1.807, 2.05) is 0 Å². The molecule has 0 unspecified atom stereocenters. The normalized spacial score (nSPS) is 11.3. The molecule has 0 N–H and O–H groups in total. The Morgan fingerprint density at radius 2 is 0.879 bits per heavy atom. The van der Waals surface area contributed by atoms with Crippen molar-refractivity contribution in [2.45, 2.75) is 13.5 Å². The Morgan fingerprint density at radius 1 is 0.424 bits per heavy atom. The largest absolute Gasteiger partial charge is 0.145 e. The smallest absolute Gasteiger partial charge is 0.0624 e. The first-order valence-corrected chi connectivity index (χ1v) is 14.0. The maximum absolute atomic E-state index is 2.46. The Morgan fingerprint density at radius 3 is 1.42 bits per heavy atom. The molecule has 160 valence electrons. The molecule has 5 aromatic rings. The van der Waals surface area contributed by atoms with Gasteiger partial charge in [0.25, 0.3) is 0 Å². The van der Waals surface area contributed by atoms with Gasteiger partial charge in [-0.25, -0.2) is 0 Å².